The van der Waals surface area contributed by atoms with E-state index in [2.05, 4.69) is 31.2 Å². The number of ether oxygens (including phenoxy) is 2. The summed E-state index contributed by atoms with van der Waals surface area (Å²) in [5, 5.41) is 0. The molecule has 0 saturated heterocycles. The average Bonchev–Trinajstić information content (AvgIpc) is 3.42. The molecule has 32 heavy (non-hydrogen) atoms. The van der Waals surface area contributed by atoms with Gasteiger partial charge in [0, 0.05) is 24.9 Å². The van der Waals surface area contributed by atoms with Crippen LogP contribution in [0.2, 0.25) is 0 Å². The topological polar surface area (TPSA) is 55.8 Å². The molecule has 5 nitrogen and oxygen atoms in total. The molecule has 2 fully saturated rings. The molecule has 1 amide bonds. The summed E-state index contributed by atoms with van der Waals surface area (Å²) in [7, 11) is 0. The fraction of sp³-hybridized carbons (Fsp3) is 0.704. The first-order valence-corrected chi connectivity index (χ1v) is 12.8. The van der Waals surface area contributed by atoms with Gasteiger partial charge in [-0.2, -0.15) is 0 Å². The third-order valence-corrected chi connectivity index (χ3v) is 7.38. The second-order valence-corrected chi connectivity index (χ2v) is 9.46. The lowest BCUT2D eigenvalue weighted by atomic mass is 9.79. The SMILES string of the molecule is CCCCCCCCCC(=O)OCOC(=O)N(CC)C1C(c2ccccc2)C2CC[C@@H]1C2. The number of fused-ring (bicyclic) bond motifs is 2. The minimum atomic E-state index is -0.366. The third kappa shape index (κ3) is 6.49. The Morgan fingerprint density at radius 3 is 2.31 bits per heavy atom. The van der Waals surface area contributed by atoms with Crippen molar-refractivity contribution in [2.24, 2.45) is 11.8 Å². The smallest absolute Gasteiger partial charge is 0.412 e. The molecule has 1 aromatic carbocycles. The maximum Gasteiger partial charge on any atom is 0.412 e. The highest BCUT2D eigenvalue weighted by Gasteiger charge is 2.51. The first-order valence-electron chi connectivity index (χ1n) is 12.8. The second kappa shape index (κ2) is 12.9. The van der Waals surface area contributed by atoms with Crippen LogP contribution in [-0.2, 0) is 14.3 Å². The predicted octanol–water partition coefficient (Wildman–Crippen LogP) is 6.67. The Kier molecular flexibility index (Phi) is 9.89. The van der Waals surface area contributed by atoms with E-state index in [0.717, 1.165) is 12.8 Å². The lowest BCUT2D eigenvalue weighted by Crippen LogP contribution is -2.47. The van der Waals surface area contributed by atoms with Gasteiger partial charge in [-0.05, 0) is 50.0 Å². The fourth-order valence-electron chi connectivity index (χ4n) is 5.84. The van der Waals surface area contributed by atoms with Crippen molar-refractivity contribution < 1.29 is 19.1 Å². The molecule has 3 rings (SSSR count). The molecule has 0 spiro atoms. The van der Waals surface area contributed by atoms with E-state index in [1.54, 1.807) is 0 Å². The molecule has 178 valence electrons. The number of esters is 1. The summed E-state index contributed by atoms with van der Waals surface area (Å²) >= 11 is 0. The van der Waals surface area contributed by atoms with Crippen LogP contribution in [0.15, 0.2) is 30.3 Å². The molecule has 5 heteroatoms. The zero-order valence-electron chi connectivity index (χ0n) is 20.0. The van der Waals surface area contributed by atoms with E-state index < -0.39 is 0 Å². The Labute approximate surface area is 193 Å². The molecule has 2 bridgehead atoms. The highest BCUT2D eigenvalue weighted by molar-refractivity contribution is 5.70. The second-order valence-electron chi connectivity index (χ2n) is 9.46. The third-order valence-electron chi connectivity index (χ3n) is 7.38. The number of benzene rings is 1. The van der Waals surface area contributed by atoms with Gasteiger partial charge in [-0.25, -0.2) is 4.79 Å². The molecular weight excluding hydrogens is 402 g/mol. The van der Waals surface area contributed by atoms with Gasteiger partial charge in [-0.1, -0.05) is 75.8 Å². The normalized spacial score (nSPS) is 23.8. The summed E-state index contributed by atoms with van der Waals surface area (Å²) in [6.07, 6.45) is 11.7. The van der Waals surface area contributed by atoms with E-state index >= 15 is 0 Å². The molecule has 2 aliphatic carbocycles. The van der Waals surface area contributed by atoms with Crippen LogP contribution >= 0.6 is 0 Å². The number of amides is 1. The van der Waals surface area contributed by atoms with E-state index in [1.807, 2.05) is 17.9 Å². The first-order chi connectivity index (χ1) is 15.7. The molecule has 0 radical (unpaired) electrons. The van der Waals surface area contributed by atoms with Gasteiger partial charge in [-0.15, -0.1) is 0 Å². The highest BCUT2D eigenvalue weighted by atomic mass is 16.7. The average molecular weight is 444 g/mol. The summed E-state index contributed by atoms with van der Waals surface area (Å²) in [4.78, 5) is 26.7. The standard InChI is InChI=1S/C27H41NO4/c1-3-5-6-7-8-9-13-16-24(29)31-20-32-27(30)28(4-2)26-23-18-17-22(19-23)25(26)21-14-11-10-12-15-21/h10-12,14-15,22-23,25-26H,3-9,13,16-20H2,1-2H3/t22?,23-,25?,26?/m1/s1. The van der Waals surface area contributed by atoms with Gasteiger partial charge in [0.05, 0.1) is 0 Å². The van der Waals surface area contributed by atoms with Crippen molar-refractivity contribution >= 4 is 12.1 Å². The Hall–Kier alpha value is -2.04. The van der Waals surface area contributed by atoms with Crippen molar-refractivity contribution in [3.8, 4) is 0 Å². The maximum absolute atomic E-state index is 12.9. The van der Waals surface area contributed by atoms with Gasteiger partial charge in [0.15, 0.2) is 0 Å². The summed E-state index contributed by atoms with van der Waals surface area (Å²) in [6.45, 7) is 4.52. The zero-order chi connectivity index (χ0) is 22.8. The Bertz CT molecular complexity index is 707. The number of hydrogen-bond donors (Lipinski definition) is 0. The van der Waals surface area contributed by atoms with E-state index in [9.17, 15) is 9.59 Å². The molecule has 0 N–H and O–H groups in total. The highest BCUT2D eigenvalue weighted by Crippen LogP contribution is 2.54. The molecule has 0 aliphatic heterocycles. The van der Waals surface area contributed by atoms with E-state index in [1.165, 1.54) is 56.9 Å². The van der Waals surface area contributed by atoms with Crippen LogP contribution in [0.4, 0.5) is 4.79 Å². The monoisotopic (exact) mass is 443 g/mol. The molecule has 2 saturated carbocycles. The Balaban J connectivity index is 1.42. The van der Waals surface area contributed by atoms with Crippen molar-refractivity contribution in [3.05, 3.63) is 35.9 Å². The van der Waals surface area contributed by atoms with Crippen molar-refractivity contribution in [2.45, 2.75) is 96.4 Å². The molecule has 1 aromatic rings. The van der Waals surface area contributed by atoms with Crippen molar-refractivity contribution in [2.75, 3.05) is 13.3 Å². The van der Waals surface area contributed by atoms with Gasteiger partial charge in [0.2, 0.25) is 6.79 Å². The molecule has 3 unspecified atom stereocenters. The van der Waals surface area contributed by atoms with E-state index in [-0.39, 0.29) is 24.9 Å². The maximum atomic E-state index is 12.9. The van der Waals surface area contributed by atoms with Crippen LogP contribution in [0.25, 0.3) is 0 Å². The predicted molar refractivity (Wildman–Crippen MR) is 126 cm³/mol. The minimum absolute atomic E-state index is 0.164. The van der Waals surface area contributed by atoms with E-state index in [0.29, 0.717) is 30.7 Å². The van der Waals surface area contributed by atoms with Gasteiger partial charge in [-0.3, -0.25) is 4.79 Å². The van der Waals surface area contributed by atoms with Crippen LogP contribution in [0.1, 0.15) is 96.0 Å². The van der Waals surface area contributed by atoms with Gasteiger partial charge < -0.3 is 14.4 Å². The summed E-state index contributed by atoms with van der Waals surface area (Å²) in [6, 6.07) is 10.7. The van der Waals surface area contributed by atoms with Crippen LogP contribution in [-0.4, -0.2) is 36.3 Å². The molecule has 0 heterocycles. The summed E-state index contributed by atoms with van der Waals surface area (Å²) in [5.41, 5.74) is 1.32. The van der Waals surface area contributed by atoms with E-state index in [4.69, 9.17) is 9.47 Å². The number of carbonyl (C=O) groups is 2. The lowest BCUT2D eigenvalue weighted by molar-refractivity contribution is -0.152. The number of nitrogens with zero attached hydrogens (tertiary/aromatic N) is 1. The number of unbranched alkanes of at least 4 members (excludes halogenated alkanes) is 6. The van der Waals surface area contributed by atoms with Gasteiger partial charge in [0.25, 0.3) is 0 Å². The van der Waals surface area contributed by atoms with Gasteiger partial charge >= 0.3 is 12.1 Å². The Morgan fingerprint density at radius 1 is 0.906 bits per heavy atom. The zero-order valence-corrected chi connectivity index (χ0v) is 20.0. The largest absolute Gasteiger partial charge is 0.428 e. The van der Waals surface area contributed by atoms with Gasteiger partial charge in [0.1, 0.15) is 0 Å². The number of rotatable bonds is 13. The molecule has 2 aliphatic rings. The van der Waals surface area contributed by atoms with Crippen molar-refractivity contribution in [3.63, 3.8) is 0 Å². The fourth-order valence-corrected chi connectivity index (χ4v) is 5.84. The first kappa shape index (κ1) is 24.6. The van der Waals surface area contributed by atoms with Crippen LogP contribution in [0.5, 0.6) is 0 Å². The quantitative estimate of drug-likeness (QED) is 0.194. The molecule has 0 aromatic heterocycles. The van der Waals surface area contributed by atoms with Crippen molar-refractivity contribution in [1.82, 2.24) is 4.90 Å². The lowest BCUT2D eigenvalue weighted by Gasteiger charge is -2.39. The number of likely N-dealkylation sites (N-methyl/N-ethyl adjacent to an activating group) is 1. The Morgan fingerprint density at radius 2 is 1.59 bits per heavy atom. The van der Waals surface area contributed by atoms with Crippen LogP contribution < -0.4 is 0 Å². The van der Waals surface area contributed by atoms with Crippen LogP contribution in [0, 0.1) is 11.8 Å². The number of carbonyl (C=O) groups excluding carboxylic acids is 2. The number of hydrogen-bond acceptors (Lipinski definition) is 4. The van der Waals surface area contributed by atoms with Crippen LogP contribution in [0.3, 0.4) is 0 Å². The molecular formula is C27H41NO4. The summed E-state index contributed by atoms with van der Waals surface area (Å²) in [5.74, 6) is 1.24. The summed E-state index contributed by atoms with van der Waals surface area (Å²) < 4.78 is 10.6. The molecule has 4 atom stereocenters. The minimum Gasteiger partial charge on any atom is -0.428 e. The van der Waals surface area contributed by atoms with Crippen molar-refractivity contribution in [1.29, 1.82) is 0 Å².